The fourth-order valence-corrected chi connectivity index (χ4v) is 5.11. The van der Waals surface area contributed by atoms with Gasteiger partial charge in [0.25, 0.3) is 5.91 Å². The van der Waals surface area contributed by atoms with Crippen molar-refractivity contribution in [2.75, 3.05) is 13.7 Å². The number of carbonyl (C=O) groups is 1. The molecular formula is C23H24N2O2. The van der Waals surface area contributed by atoms with Gasteiger partial charge in [0.05, 0.1) is 12.8 Å². The van der Waals surface area contributed by atoms with Crippen LogP contribution in [-0.2, 0) is 12.8 Å². The van der Waals surface area contributed by atoms with E-state index in [1.807, 2.05) is 18.3 Å². The Balaban J connectivity index is 1.46. The zero-order chi connectivity index (χ0) is 18.4. The Labute approximate surface area is 159 Å². The molecule has 2 aromatic carbocycles. The van der Waals surface area contributed by atoms with Gasteiger partial charge in [0, 0.05) is 36.7 Å². The number of methoxy groups -OCH3 is 1. The highest BCUT2D eigenvalue weighted by Crippen LogP contribution is 2.43. The maximum absolute atomic E-state index is 13.3. The number of likely N-dealkylation sites (tertiary alicyclic amines) is 1. The van der Waals surface area contributed by atoms with Crippen molar-refractivity contribution in [2.24, 2.45) is 4.99 Å². The van der Waals surface area contributed by atoms with Gasteiger partial charge in [-0.3, -0.25) is 9.79 Å². The molecule has 2 aliphatic heterocycles. The van der Waals surface area contributed by atoms with Crippen LogP contribution in [0.2, 0.25) is 0 Å². The van der Waals surface area contributed by atoms with Crippen LogP contribution in [0.3, 0.4) is 0 Å². The molecule has 27 heavy (non-hydrogen) atoms. The van der Waals surface area contributed by atoms with Crippen molar-refractivity contribution in [3.8, 4) is 5.75 Å². The molecule has 0 N–H and O–H groups in total. The first-order valence-electron chi connectivity index (χ1n) is 9.88. The van der Waals surface area contributed by atoms with Gasteiger partial charge >= 0.3 is 0 Å². The molecule has 1 unspecified atom stereocenters. The molecule has 1 saturated heterocycles. The van der Waals surface area contributed by atoms with E-state index in [2.05, 4.69) is 34.2 Å². The van der Waals surface area contributed by atoms with E-state index in [1.54, 1.807) is 7.11 Å². The lowest BCUT2D eigenvalue weighted by Gasteiger charge is -2.45. The number of rotatable bonds is 2. The van der Waals surface area contributed by atoms with Crippen molar-refractivity contribution in [3.05, 3.63) is 58.7 Å². The lowest BCUT2D eigenvalue weighted by Crippen LogP contribution is -2.49. The number of aliphatic imine (C=N–C) groups is 1. The Bertz CT molecular complexity index is 934. The van der Waals surface area contributed by atoms with E-state index in [0.29, 0.717) is 5.92 Å². The smallest absolute Gasteiger partial charge is 0.254 e. The maximum Gasteiger partial charge on any atom is 0.254 e. The van der Waals surface area contributed by atoms with Crippen LogP contribution >= 0.6 is 0 Å². The van der Waals surface area contributed by atoms with Crippen LogP contribution in [0, 0.1) is 0 Å². The normalized spacial score (nSPS) is 22.8. The van der Waals surface area contributed by atoms with E-state index in [4.69, 9.17) is 4.74 Å². The predicted octanol–water partition coefficient (Wildman–Crippen LogP) is 4.29. The zero-order valence-corrected chi connectivity index (χ0v) is 15.6. The maximum atomic E-state index is 13.3. The number of fused-ring (bicyclic) bond motifs is 4. The van der Waals surface area contributed by atoms with Gasteiger partial charge in [-0.15, -0.1) is 0 Å². The molecule has 5 rings (SSSR count). The molecular weight excluding hydrogens is 336 g/mol. The van der Waals surface area contributed by atoms with Crippen LogP contribution in [0.15, 0.2) is 41.4 Å². The molecule has 0 saturated carbocycles. The van der Waals surface area contributed by atoms with Crippen LogP contribution in [0.4, 0.5) is 5.69 Å². The molecule has 4 heteroatoms. The van der Waals surface area contributed by atoms with Crippen molar-refractivity contribution in [1.82, 2.24) is 4.90 Å². The highest BCUT2D eigenvalue weighted by atomic mass is 16.5. The lowest BCUT2D eigenvalue weighted by atomic mass is 9.74. The number of nitrogens with zero attached hydrogens (tertiary/aromatic N) is 2. The summed E-state index contributed by atoms with van der Waals surface area (Å²) in [4.78, 5) is 19.9. The quantitative estimate of drug-likeness (QED) is 0.802. The number of ether oxygens (including phenoxy) is 1. The van der Waals surface area contributed by atoms with Gasteiger partial charge in [0.15, 0.2) is 0 Å². The SMILES string of the molecule is COc1cccc2c1CC[C@@H]1C2CCCN1C(=O)c1ccc2c(c1)N=CC2. The number of amides is 1. The summed E-state index contributed by atoms with van der Waals surface area (Å²) in [6, 6.07) is 12.6. The largest absolute Gasteiger partial charge is 0.496 e. The second-order valence-corrected chi connectivity index (χ2v) is 7.74. The third-order valence-corrected chi connectivity index (χ3v) is 6.39. The summed E-state index contributed by atoms with van der Waals surface area (Å²) < 4.78 is 5.58. The molecule has 4 nitrogen and oxygen atoms in total. The summed E-state index contributed by atoms with van der Waals surface area (Å²) in [7, 11) is 1.74. The van der Waals surface area contributed by atoms with Crippen LogP contribution in [0.1, 0.15) is 52.2 Å². The molecule has 3 aliphatic rings. The minimum atomic E-state index is 0.154. The molecule has 1 amide bonds. The van der Waals surface area contributed by atoms with Gasteiger partial charge in [-0.25, -0.2) is 0 Å². The van der Waals surface area contributed by atoms with Crippen molar-refractivity contribution in [3.63, 3.8) is 0 Å². The van der Waals surface area contributed by atoms with Crippen molar-refractivity contribution in [1.29, 1.82) is 0 Å². The van der Waals surface area contributed by atoms with Gasteiger partial charge in [-0.05, 0) is 60.6 Å². The Morgan fingerprint density at radius 3 is 3.04 bits per heavy atom. The van der Waals surface area contributed by atoms with Crippen LogP contribution < -0.4 is 4.74 Å². The van der Waals surface area contributed by atoms with E-state index in [0.717, 1.165) is 55.6 Å². The summed E-state index contributed by atoms with van der Waals surface area (Å²) in [5.74, 6) is 1.56. The van der Waals surface area contributed by atoms with Crippen LogP contribution in [0.25, 0.3) is 0 Å². The summed E-state index contributed by atoms with van der Waals surface area (Å²) in [5, 5.41) is 0. The van der Waals surface area contributed by atoms with E-state index in [9.17, 15) is 4.79 Å². The minimum Gasteiger partial charge on any atom is -0.496 e. The van der Waals surface area contributed by atoms with Crippen LogP contribution in [0.5, 0.6) is 5.75 Å². The monoisotopic (exact) mass is 360 g/mol. The lowest BCUT2D eigenvalue weighted by molar-refractivity contribution is 0.0546. The summed E-state index contributed by atoms with van der Waals surface area (Å²) >= 11 is 0. The second-order valence-electron chi connectivity index (χ2n) is 7.74. The second kappa shape index (κ2) is 6.52. The van der Waals surface area contributed by atoms with Gasteiger partial charge in [-0.2, -0.15) is 0 Å². The molecule has 2 aromatic rings. The van der Waals surface area contributed by atoms with Gasteiger partial charge in [0.1, 0.15) is 5.75 Å². The average Bonchev–Trinajstić information content (AvgIpc) is 3.20. The molecule has 2 heterocycles. The van der Waals surface area contributed by atoms with Gasteiger partial charge in [0.2, 0.25) is 0 Å². The molecule has 2 atom stereocenters. The first kappa shape index (κ1) is 16.5. The molecule has 138 valence electrons. The third kappa shape index (κ3) is 2.66. The topological polar surface area (TPSA) is 41.9 Å². The number of piperidine rings is 1. The highest BCUT2D eigenvalue weighted by molar-refractivity contribution is 5.96. The Hall–Kier alpha value is -2.62. The molecule has 0 radical (unpaired) electrons. The van der Waals surface area contributed by atoms with E-state index in [1.165, 1.54) is 16.7 Å². The fraction of sp³-hybridized carbons (Fsp3) is 0.391. The molecule has 0 aromatic heterocycles. The highest BCUT2D eigenvalue weighted by Gasteiger charge is 2.39. The van der Waals surface area contributed by atoms with E-state index in [-0.39, 0.29) is 11.9 Å². The number of carbonyl (C=O) groups excluding carboxylic acids is 1. The predicted molar refractivity (Wildman–Crippen MR) is 106 cm³/mol. The van der Waals surface area contributed by atoms with Crippen LogP contribution in [-0.4, -0.2) is 36.7 Å². The number of hydrogen-bond acceptors (Lipinski definition) is 3. The Morgan fingerprint density at radius 2 is 2.15 bits per heavy atom. The molecule has 1 fully saturated rings. The van der Waals surface area contributed by atoms with Crippen molar-refractivity contribution >= 4 is 17.8 Å². The number of benzene rings is 2. The van der Waals surface area contributed by atoms with Gasteiger partial charge in [-0.1, -0.05) is 18.2 Å². The van der Waals surface area contributed by atoms with E-state index < -0.39 is 0 Å². The molecule has 1 aliphatic carbocycles. The van der Waals surface area contributed by atoms with E-state index >= 15 is 0 Å². The average molecular weight is 360 g/mol. The summed E-state index contributed by atoms with van der Waals surface area (Å²) in [6.45, 7) is 0.847. The summed E-state index contributed by atoms with van der Waals surface area (Å²) in [5.41, 5.74) is 5.64. The first-order valence-corrected chi connectivity index (χ1v) is 9.88. The standard InChI is InChI=1S/C23H24N2O2/c1-27-22-6-2-4-17-18-5-3-13-25(21(18)10-9-19(17)22)23(26)16-8-7-15-11-12-24-20(15)14-16/h2,4,6-8,12,14,18,21H,3,5,9-11,13H2,1H3/t18?,21-/m1/s1. The molecule has 0 spiro atoms. The first-order chi connectivity index (χ1) is 13.3. The molecule has 0 bridgehead atoms. The third-order valence-electron chi connectivity index (χ3n) is 6.39. The van der Waals surface area contributed by atoms with Crippen molar-refractivity contribution < 1.29 is 9.53 Å². The minimum absolute atomic E-state index is 0.154. The van der Waals surface area contributed by atoms with Gasteiger partial charge < -0.3 is 9.64 Å². The fourth-order valence-electron chi connectivity index (χ4n) is 5.11. The number of hydrogen-bond donors (Lipinski definition) is 0. The van der Waals surface area contributed by atoms with Crippen molar-refractivity contribution in [2.45, 2.75) is 44.1 Å². The zero-order valence-electron chi connectivity index (χ0n) is 15.6. The Kier molecular flexibility index (Phi) is 4.00. The summed E-state index contributed by atoms with van der Waals surface area (Å²) in [6.07, 6.45) is 6.96. The Morgan fingerprint density at radius 1 is 1.22 bits per heavy atom.